The van der Waals surface area contributed by atoms with Crippen LogP contribution in [-0.4, -0.2) is 48.6 Å². The molecule has 1 saturated heterocycles. The normalized spacial score (nSPS) is 19.6. The lowest BCUT2D eigenvalue weighted by atomic mass is 10.2. The Labute approximate surface area is 87.3 Å². The quantitative estimate of drug-likeness (QED) is 0.626. The van der Waals surface area contributed by atoms with Gasteiger partial charge in [0.2, 0.25) is 0 Å². The number of piperazine rings is 1. The van der Waals surface area contributed by atoms with Crippen molar-refractivity contribution in [3.8, 4) is 0 Å². The molecule has 3 nitrogen and oxygen atoms in total. The summed E-state index contributed by atoms with van der Waals surface area (Å²) < 4.78 is 5.73. The molecule has 1 rings (SSSR count). The molecule has 0 N–H and O–H groups in total. The Bertz CT molecular complexity index is 200. The van der Waals surface area contributed by atoms with Gasteiger partial charge in [-0.3, -0.25) is 0 Å². The van der Waals surface area contributed by atoms with Crippen LogP contribution >= 0.6 is 0 Å². The van der Waals surface area contributed by atoms with Gasteiger partial charge in [0.25, 0.3) is 0 Å². The standard InChI is InChI=1S/C11H22N2O/c1-10(14-11(2,3)4)13-8-6-12(5)7-9-13/h1,6-9H2,2-5H3. The summed E-state index contributed by atoms with van der Waals surface area (Å²) in [5.41, 5.74) is -0.138. The minimum atomic E-state index is -0.138. The monoisotopic (exact) mass is 198 g/mol. The van der Waals surface area contributed by atoms with Crippen molar-refractivity contribution in [3.05, 3.63) is 12.5 Å². The Hall–Kier alpha value is -0.700. The van der Waals surface area contributed by atoms with Gasteiger partial charge in [-0.25, -0.2) is 0 Å². The van der Waals surface area contributed by atoms with Crippen molar-refractivity contribution in [2.24, 2.45) is 0 Å². The third kappa shape index (κ3) is 3.58. The average molecular weight is 198 g/mol. The lowest BCUT2D eigenvalue weighted by molar-refractivity contribution is -0.00757. The summed E-state index contributed by atoms with van der Waals surface area (Å²) >= 11 is 0. The van der Waals surface area contributed by atoms with Crippen molar-refractivity contribution < 1.29 is 4.74 Å². The van der Waals surface area contributed by atoms with Gasteiger partial charge in [0.1, 0.15) is 5.60 Å². The molecule has 1 heterocycles. The molecule has 0 spiro atoms. The number of ether oxygens (including phenoxy) is 1. The first kappa shape index (κ1) is 11.4. The molecule has 1 aliphatic rings. The number of hydrogen-bond donors (Lipinski definition) is 0. The Morgan fingerprint density at radius 1 is 1.14 bits per heavy atom. The molecular formula is C11H22N2O. The van der Waals surface area contributed by atoms with E-state index in [0.717, 1.165) is 32.1 Å². The number of hydrogen-bond acceptors (Lipinski definition) is 3. The van der Waals surface area contributed by atoms with E-state index in [1.54, 1.807) is 0 Å². The SMILES string of the molecule is C=C(OC(C)(C)C)N1CCN(C)CC1. The van der Waals surface area contributed by atoms with Crippen LogP contribution in [0.5, 0.6) is 0 Å². The van der Waals surface area contributed by atoms with Crippen molar-refractivity contribution >= 4 is 0 Å². The predicted molar refractivity (Wildman–Crippen MR) is 59.0 cm³/mol. The van der Waals surface area contributed by atoms with Crippen molar-refractivity contribution in [3.63, 3.8) is 0 Å². The van der Waals surface area contributed by atoms with Gasteiger partial charge < -0.3 is 14.5 Å². The van der Waals surface area contributed by atoms with E-state index in [-0.39, 0.29) is 5.60 Å². The molecule has 1 fully saturated rings. The second-order valence-corrected chi connectivity index (χ2v) is 4.90. The Morgan fingerprint density at radius 2 is 1.64 bits per heavy atom. The van der Waals surface area contributed by atoms with Gasteiger partial charge in [0, 0.05) is 26.2 Å². The molecule has 0 aliphatic carbocycles. The van der Waals surface area contributed by atoms with Gasteiger partial charge in [-0.1, -0.05) is 0 Å². The first-order valence-corrected chi connectivity index (χ1v) is 5.20. The van der Waals surface area contributed by atoms with E-state index >= 15 is 0 Å². The molecule has 82 valence electrons. The summed E-state index contributed by atoms with van der Waals surface area (Å²) in [5.74, 6) is 0.811. The fourth-order valence-electron chi connectivity index (χ4n) is 1.47. The molecule has 0 aromatic heterocycles. The summed E-state index contributed by atoms with van der Waals surface area (Å²) in [4.78, 5) is 4.53. The van der Waals surface area contributed by atoms with E-state index < -0.39 is 0 Å². The Balaban J connectivity index is 2.38. The highest BCUT2D eigenvalue weighted by Gasteiger charge is 2.19. The van der Waals surface area contributed by atoms with E-state index in [1.165, 1.54) is 0 Å². The van der Waals surface area contributed by atoms with Crippen molar-refractivity contribution in [1.82, 2.24) is 9.80 Å². The largest absolute Gasteiger partial charge is 0.474 e. The summed E-state index contributed by atoms with van der Waals surface area (Å²) in [5, 5.41) is 0. The van der Waals surface area contributed by atoms with Gasteiger partial charge >= 0.3 is 0 Å². The van der Waals surface area contributed by atoms with Gasteiger partial charge in [-0.2, -0.15) is 0 Å². The van der Waals surface area contributed by atoms with Crippen molar-refractivity contribution in [2.45, 2.75) is 26.4 Å². The van der Waals surface area contributed by atoms with E-state index in [1.807, 2.05) is 20.8 Å². The third-order valence-corrected chi connectivity index (χ3v) is 2.28. The van der Waals surface area contributed by atoms with Crippen LogP contribution in [0.3, 0.4) is 0 Å². The predicted octanol–water partition coefficient (Wildman–Crippen LogP) is 1.52. The Morgan fingerprint density at radius 3 is 2.07 bits per heavy atom. The highest BCUT2D eigenvalue weighted by molar-refractivity contribution is 4.89. The van der Waals surface area contributed by atoms with Crippen molar-refractivity contribution in [2.75, 3.05) is 33.2 Å². The van der Waals surface area contributed by atoms with Crippen LogP contribution in [-0.2, 0) is 4.74 Å². The van der Waals surface area contributed by atoms with Crippen molar-refractivity contribution in [1.29, 1.82) is 0 Å². The van der Waals surface area contributed by atoms with Gasteiger partial charge in [-0.15, -0.1) is 0 Å². The summed E-state index contributed by atoms with van der Waals surface area (Å²) in [6.07, 6.45) is 0. The minimum Gasteiger partial charge on any atom is -0.474 e. The second-order valence-electron chi connectivity index (χ2n) is 4.90. The minimum absolute atomic E-state index is 0.138. The maximum Gasteiger partial charge on any atom is 0.182 e. The van der Waals surface area contributed by atoms with E-state index in [0.29, 0.717) is 0 Å². The smallest absolute Gasteiger partial charge is 0.182 e. The third-order valence-electron chi connectivity index (χ3n) is 2.28. The zero-order valence-corrected chi connectivity index (χ0v) is 9.84. The van der Waals surface area contributed by atoms with Crippen LogP contribution in [0, 0.1) is 0 Å². The topological polar surface area (TPSA) is 15.7 Å². The molecular weight excluding hydrogens is 176 g/mol. The van der Waals surface area contributed by atoms with E-state index in [4.69, 9.17) is 4.74 Å². The number of likely N-dealkylation sites (N-methyl/N-ethyl adjacent to an activating group) is 1. The fraction of sp³-hybridized carbons (Fsp3) is 0.818. The molecule has 0 radical (unpaired) electrons. The zero-order chi connectivity index (χ0) is 10.8. The molecule has 14 heavy (non-hydrogen) atoms. The first-order valence-electron chi connectivity index (χ1n) is 5.20. The second kappa shape index (κ2) is 4.22. The summed E-state index contributed by atoms with van der Waals surface area (Å²) in [6.45, 7) is 14.3. The zero-order valence-electron chi connectivity index (χ0n) is 9.84. The molecule has 0 unspecified atom stereocenters. The van der Waals surface area contributed by atoms with E-state index in [2.05, 4.69) is 23.4 Å². The fourth-order valence-corrected chi connectivity index (χ4v) is 1.47. The molecule has 0 amide bonds. The van der Waals surface area contributed by atoms with Gasteiger partial charge in [0.15, 0.2) is 5.88 Å². The van der Waals surface area contributed by atoms with Crippen LogP contribution in [0.15, 0.2) is 12.5 Å². The van der Waals surface area contributed by atoms with Crippen LogP contribution in [0.2, 0.25) is 0 Å². The summed E-state index contributed by atoms with van der Waals surface area (Å²) in [7, 11) is 2.14. The van der Waals surface area contributed by atoms with Gasteiger partial charge in [0.05, 0.1) is 0 Å². The molecule has 0 saturated carbocycles. The maximum atomic E-state index is 5.73. The van der Waals surface area contributed by atoms with Gasteiger partial charge in [-0.05, 0) is 34.4 Å². The maximum absolute atomic E-state index is 5.73. The lowest BCUT2D eigenvalue weighted by Gasteiger charge is -2.36. The lowest BCUT2D eigenvalue weighted by Crippen LogP contribution is -2.44. The molecule has 0 bridgehead atoms. The molecule has 0 aromatic rings. The summed E-state index contributed by atoms with van der Waals surface area (Å²) in [6, 6.07) is 0. The van der Waals surface area contributed by atoms with Crippen LogP contribution < -0.4 is 0 Å². The van der Waals surface area contributed by atoms with Crippen LogP contribution in [0.4, 0.5) is 0 Å². The number of nitrogens with zero attached hydrogens (tertiary/aromatic N) is 2. The molecule has 1 aliphatic heterocycles. The first-order chi connectivity index (χ1) is 6.38. The van der Waals surface area contributed by atoms with Crippen LogP contribution in [0.25, 0.3) is 0 Å². The molecule has 0 aromatic carbocycles. The molecule has 3 heteroatoms. The average Bonchev–Trinajstić information content (AvgIpc) is 2.02. The van der Waals surface area contributed by atoms with E-state index in [9.17, 15) is 0 Å². The highest BCUT2D eigenvalue weighted by atomic mass is 16.5. The molecule has 0 atom stereocenters. The Kier molecular flexibility index (Phi) is 3.43. The van der Waals surface area contributed by atoms with Crippen LogP contribution in [0.1, 0.15) is 20.8 Å². The highest BCUT2D eigenvalue weighted by Crippen LogP contribution is 2.16. The number of rotatable bonds is 2.